The molecule has 2 N–H and O–H groups in total. The smallest absolute Gasteiger partial charge is 0.305 e. The van der Waals surface area contributed by atoms with Crippen molar-refractivity contribution in [2.24, 2.45) is 5.41 Å². The number of hydrogen-bond acceptors (Lipinski definition) is 5. The third-order valence-corrected chi connectivity index (χ3v) is 7.39. The summed E-state index contributed by atoms with van der Waals surface area (Å²) in [6.45, 7) is 4.10. The van der Waals surface area contributed by atoms with E-state index in [0.717, 1.165) is 12.1 Å². The quantitative estimate of drug-likeness (QED) is 0.578. The fourth-order valence-corrected chi connectivity index (χ4v) is 5.38. The number of rotatable bonds is 2. The van der Waals surface area contributed by atoms with Gasteiger partial charge < -0.3 is 4.42 Å². The second-order valence-corrected chi connectivity index (χ2v) is 9.13. The molecule has 9 heteroatoms. The van der Waals surface area contributed by atoms with Crippen LogP contribution in [-0.2, 0) is 10.2 Å². The van der Waals surface area contributed by atoms with E-state index in [1.54, 1.807) is 18.2 Å². The van der Waals surface area contributed by atoms with E-state index in [0.29, 0.717) is 33.2 Å². The molecule has 1 aromatic carbocycles. The highest BCUT2D eigenvalue weighted by atomic mass is 35.5. The maximum atomic E-state index is 13.5. The van der Waals surface area contributed by atoms with Gasteiger partial charge in [0, 0.05) is 5.92 Å². The topological polar surface area (TPSA) is 97.1 Å². The Morgan fingerprint density at radius 3 is 2.50 bits per heavy atom. The van der Waals surface area contributed by atoms with Gasteiger partial charge in [0.1, 0.15) is 5.41 Å². The largest absolute Gasteiger partial charge is 0.459 e. The van der Waals surface area contributed by atoms with Gasteiger partial charge in [-0.25, -0.2) is 9.97 Å². The molecule has 2 aliphatic rings. The molecule has 5 rings (SSSR count). The van der Waals surface area contributed by atoms with Crippen LogP contribution < -0.4 is 10.9 Å². The number of amides is 2. The molecule has 2 aliphatic carbocycles. The van der Waals surface area contributed by atoms with Gasteiger partial charge in [0.2, 0.25) is 0 Å². The lowest BCUT2D eigenvalue weighted by Gasteiger charge is -2.36. The predicted molar refractivity (Wildman–Crippen MR) is 111 cm³/mol. The molecule has 0 spiro atoms. The third kappa shape index (κ3) is 2.45. The number of nitrogens with zero attached hydrogens (tertiary/aromatic N) is 2. The van der Waals surface area contributed by atoms with Gasteiger partial charge in [-0.05, 0) is 42.5 Å². The van der Waals surface area contributed by atoms with E-state index in [2.05, 4.69) is 10.9 Å². The van der Waals surface area contributed by atoms with Crippen molar-refractivity contribution in [1.29, 1.82) is 0 Å². The zero-order valence-corrected chi connectivity index (χ0v) is 17.8. The predicted octanol–water partition coefficient (Wildman–Crippen LogP) is 4.15. The van der Waals surface area contributed by atoms with Crippen LogP contribution in [0.2, 0.25) is 10.0 Å². The molecule has 7 nitrogen and oxygen atoms in total. The van der Waals surface area contributed by atoms with Gasteiger partial charge in [-0.15, -0.1) is 0 Å². The first-order valence-electron chi connectivity index (χ1n) is 9.57. The molecule has 2 heterocycles. The van der Waals surface area contributed by atoms with Crippen molar-refractivity contribution < 1.29 is 14.0 Å². The van der Waals surface area contributed by atoms with Crippen molar-refractivity contribution in [3.63, 3.8) is 0 Å². The fraction of sp³-hybridized carbons (Fsp3) is 0.333. The molecule has 2 atom stereocenters. The molecule has 1 saturated carbocycles. The normalized spacial score (nSPS) is 23.4. The molecule has 1 fully saturated rings. The number of benzene rings is 1. The van der Waals surface area contributed by atoms with Gasteiger partial charge >= 0.3 is 5.91 Å². The Kier molecular flexibility index (Phi) is 4.14. The second-order valence-electron chi connectivity index (χ2n) is 8.32. The Morgan fingerprint density at radius 1 is 1.13 bits per heavy atom. The van der Waals surface area contributed by atoms with Crippen LogP contribution in [0.25, 0.3) is 11.0 Å². The highest BCUT2D eigenvalue weighted by Gasteiger charge is 2.68. The Hall–Kier alpha value is -2.64. The second kappa shape index (κ2) is 6.43. The van der Waals surface area contributed by atoms with Gasteiger partial charge in [0.05, 0.1) is 38.7 Å². The highest BCUT2D eigenvalue weighted by Crippen LogP contribution is 2.67. The van der Waals surface area contributed by atoms with Gasteiger partial charge in [-0.3, -0.25) is 20.4 Å². The van der Waals surface area contributed by atoms with Crippen LogP contribution >= 0.6 is 23.2 Å². The molecular formula is C21H18Cl2N4O3. The summed E-state index contributed by atoms with van der Waals surface area (Å²) in [5.74, 6) is -0.658. The molecule has 3 aromatic rings. The zero-order valence-electron chi connectivity index (χ0n) is 16.3. The summed E-state index contributed by atoms with van der Waals surface area (Å²) in [6, 6.07) is 6.48. The summed E-state index contributed by atoms with van der Waals surface area (Å²) in [6.07, 6.45) is 2.81. The molecular weight excluding hydrogens is 427 g/mol. The van der Waals surface area contributed by atoms with E-state index >= 15 is 0 Å². The lowest BCUT2D eigenvalue weighted by Crippen LogP contribution is -2.54. The van der Waals surface area contributed by atoms with Gasteiger partial charge in [-0.1, -0.05) is 37.0 Å². The van der Waals surface area contributed by atoms with Crippen LogP contribution in [0.4, 0.5) is 0 Å². The van der Waals surface area contributed by atoms with Crippen molar-refractivity contribution >= 4 is 46.0 Å². The first kappa shape index (κ1) is 19.3. The summed E-state index contributed by atoms with van der Waals surface area (Å²) < 4.78 is 5.07. The summed E-state index contributed by atoms with van der Waals surface area (Å²) >= 11 is 12.3. The average Bonchev–Trinajstić information content (AvgIpc) is 3.37. The molecule has 2 bridgehead atoms. The number of aromatic nitrogens is 2. The van der Waals surface area contributed by atoms with E-state index in [9.17, 15) is 9.59 Å². The maximum absolute atomic E-state index is 13.5. The maximum Gasteiger partial charge on any atom is 0.305 e. The average molecular weight is 445 g/mol. The van der Waals surface area contributed by atoms with Gasteiger partial charge in [0.15, 0.2) is 5.76 Å². The number of furan rings is 1. The van der Waals surface area contributed by atoms with Crippen LogP contribution in [0.15, 0.2) is 34.9 Å². The first-order chi connectivity index (χ1) is 14.3. The number of fused-ring (bicyclic) bond motifs is 6. The van der Waals surface area contributed by atoms with E-state index in [-0.39, 0.29) is 17.6 Å². The molecule has 154 valence electrons. The van der Waals surface area contributed by atoms with Crippen molar-refractivity contribution in [2.45, 2.75) is 38.0 Å². The van der Waals surface area contributed by atoms with E-state index < -0.39 is 16.7 Å². The lowest BCUT2D eigenvalue weighted by molar-refractivity contribution is -0.130. The minimum Gasteiger partial charge on any atom is -0.459 e. The van der Waals surface area contributed by atoms with Crippen molar-refractivity contribution in [1.82, 2.24) is 20.8 Å². The number of carbonyl (C=O) groups excluding carboxylic acids is 2. The molecule has 0 radical (unpaired) electrons. The number of carbonyl (C=O) groups is 2. The SMILES string of the molecule is CC1(C)C2CCC1(C(=O)NNC(=O)c1ccco1)c1nc3cc(Cl)c(Cl)cc3nc12. The summed E-state index contributed by atoms with van der Waals surface area (Å²) in [4.78, 5) is 35.3. The van der Waals surface area contributed by atoms with E-state index in [1.807, 2.05) is 13.8 Å². The summed E-state index contributed by atoms with van der Waals surface area (Å²) in [5, 5.41) is 0.791. The van der Waals surface area contributed by atoms with Gasteiger partial charge in [0.25, 0.3) is 5.91 Å². The molecule has 2 aromatic heterocycles. The summed E-state index contributed by atoms with van der Waals surface area (Å²) in [5.41, 5.74) is 6.35. The molecule has 2 amide bonds. The lowest BCUT2D eigenvalue weighted by atomic mass is 9.68. The first-order valence-corrected chi connectivity index (χ1v) is 10.3. The van der Waals surface area contributed by atoms with Crippen LogP contribution in [0.1, 0.15) is 54.5 Å². The Labute approximate surface area is 182 Å². The molecule has 2 unspecified atom stereocenters. The molecule has 30 heavy (non-hydrogen) atoms. The van der Waals surface area contributed by atoms with Crippen molar-refractivity contribution in [3.8, 4) is 0 Å². The fourth-order valence-electron chi connectivity index (χ4n) is 5.07. The Morgan fingerprint density at radius 2 is 1.83 bits per heavy atom. The molecule has 0 aliphatic heterocycles. The minimum absolute atomic E-state index is 0.0744. The van der Waals surface area contributed by atoms with Crippen molar-refractivity contribution in [2.75, 3.05) is 0 Å². The van der Waals surface area contributed by atoms with Crippen LogP contribution in [0, 0.1) is 5.41 Å². The monoisotopic (exact) mass is 444 g/mol. The molecule has 0 saturated heterocycles. The van der Waals surface area contributed by atoms with E-state index in [1.165, 1.54) is 12.3 Å². The summed E-state index contributed by atoms with van der Waals surface area (Å²) in [7, 11) is 0. The standard InChI is InChI=1S/C21H18Cl2N4O3/c1-20(2)10-5-6-21(20,19(29)27-26-18(28)15-4-3-7-30-15)17-16(10)24-13-8-11(22)12(23)9-14(13)25-17/h3-4,7-10H,5-6H2,1-2H3,(H,26,28)(H,27,29). The number of hydrazine groups is 1. The Bertz CT molecular complexity index is 1210. The highest BCUT2D eigenvalue weighted by molar-refractivity contribution is 6.42. The third-order valence-electron chi connectivity index (χ3n) is 6.67. The van der Waals surface area contributed by atoms with E-state index in [4.69, 9.17) is 37.6 Å². The number of halogens is 2. The van der Waals surface area contributed by atoms with Crippen LogP contribution in [0.3, 0.4) is 0 Å². The minimum atomic E-state index is -0.920. The van der Waals surface area contributed by atoms with Gasteiger partial charge in [-0.2, -0.15) is 0 Å². The van der Waals surface area contributed by atoms with Crippen LogP contribution in [-0.4, -0.2) is 21.8 Å². The van der Waals surface area contributed by atoms with Crippen molar-refractivity contribution in [3.05, 3.63) is 57.7 Å². The zero-order chi connectivity index (χ0) is 21.3. The Balaban J connectivity index is 1.56. The number of hydrogen-bond donors (Lipinski definition) is 2. The number of nitrogens with one attached hydrogen (secondary N) is 2. The van der Waals surface area contributed by atoms with Crippen LogP contribution in [0.5, 0.6) is 0 Å².